The second-order valence-corrected chi connectivity index (χ2v) is 3.62. The number of nitrogens with zero attached hydrogens (tertiary/aromatic N) is 2. The van der Waals surface area contributed by atoms with Crippen LogP contribution in [0.25, 0.3) is 0 Å². The van der Waals surface area contributed by atoms with Gasteiger partial charge in [-0.25, -0.2) is 9.78 Å². The van der Waals surface area contributed by atoms with Crippen LogP contribution in [0.2, 0.25) is 5.02 Å². The minimum atomic E-state index is -1.11. The van der Waals surface area contributed by atoms with E-state index in [1.807, 2.05) is 19.0 Å². The van der Waals surface area contributed by atoms with Gasteiger partial charge in [0.2, 0.25) is 0 Å². The van der Waals surface area contributed by atoms with Crippen molar-refractivity contribution in [2.75, 3.05) is 14.1 Å². The summed E-state index contributed by atoms with van der Waals surface area (Å²) in [5.41, 5.74) is 0.791. The molecule has 0 saturated heterocycles. The van der Waals surface area contributed by atoms with E-state index in [-0.39, 0.29) is 10.7 Å². The maximum atomic E-state index is 10.6. The van der Waals surface area contributed by atoms with E-state index in [1.165, 1.54) is 6.20 Å². The van der Waals surface area contributed by atoms with Crippen molar-refractivity contribution in [3.63, 3.8) is 0 Å². The quantitative estimate of drug-likeness (QED) is 0.829. The van der Waals surface area contributed by atoms with Crippen LogP contribution in [0.4, 0.5) is 0 Å². The summed E-state index contributed by atoms with van der Waals surface area (Å²) in [6.45, 7) is 0.687. The predicted molar refractivity (Wildman–Crippen MR) is 53.6 cm³/mol. The Hall–Kier alpha value is -1.13. The summed E-state index contributed by atoms with van der Waals surface area (Å²) >= 11 is 5.75. The third kappa shape index (κ3) is 2.68. The zero-order chi connectivity index (χ0) is 10.7. The van der Waals surface area contributed by atoms with Crippen LogP contribution in [0, 0.1) is 0 Å². The topological polar surface area (TPSA) is 53.4 Å². The van der Waals surface area contributed by atoms with Crippen molar-refractivity contribution in [1.29, 1.82) is 0 Å². The van der Waals surface area contributed by atoms with E-state index in [0.29, 0.717) is 6.54 Å². The molecule has 0 bridgehead atoms. The average Bonchev–Trinajstić information content (AvgIpc) is 2.01. The highest BCUT2D eigenvalue weighted by atomic mass is 35.5. The normalized spacial score (nSPS) is 10.6. The molecule has 1 N–H and O–H groups in total. The van der Waals surface area contributed by atoms with Crippen molar-refractivity contribution < 1.29 is 9.90 Å². The Kier molecular flexibility index (Phi) is 3.43. The number of carbonyl (C=O) groups is 1. The Bertz CT molecular complexity index is 353. The van der Waals surface area contributed by atoms with Crippen LogP contribution in [0.15, 0.2) is 12.3 Å². The lowest BCUT2D eigenvalue weighted by atomic mass is 10.2. The number of rotatable bonds is 3. The van der Waals surface area contributed by atoms with E-state index in [2.05, 4.69) is 4.98 Å². The van der Waals surface area contributed by atoms with E-state index in [4.69, 9.17) is 16.7 Å². The Balaban J connectivity index is 2.94. The molecule has 0 fully saturated rings. The zero-order valence-electron chi connectivity index (χ0n) is 7.99. The minimum absolute atomic E-state index is 0.103. The molecule has 0 aromatic carbocycles. The minimum Gasteiger partial charge on any atom is -0.476 e. The van der Waals surface area contributed by atoms with Gasteiger partial charge >= 0.3 is 5.97 Å². The molecule has 1 heterocycles. The van der Waals surface area contributed by atoms with Crippen molar-refractivity contribution >= 4 is 17.6 Å². The van der Waals surface area contributed by atoms with Gasteiger partial charge in [-0.3, -0.25) is 0 Å². The summed E-state index contributed by atoms with van der Waals surface area (Å²) < 4.78 is 0. The number of halogens is 1. The van der Waals surface area contributed by atoms with Crippen molar-refractivity contribution in [3.8, 4) is 0 Å². The first kappa shape index (κ1) is 10.9. The van der Waals surface area contributed by atoms with E-state index < -0.39 is 5.97 Å². The van der Waals surface area contributed by atoms with Crippen LogP contribution >= 0.6 is 11.6 Å². The average molecular weight is 215 g/mol. The number of pyridine rings is 1. The van der Waals surface area contributed by atoms with Gasteiger partial charge in [-0.15, -0.1) is 0 Å². The van der Waals surface area contributed by atoms with Crippen molar-refractivity contribution in [2.24, 2.45) is 0 Å². The SMILES string of the molecule is CN(C)Cc1cnc(C(=O)O)c(Cl)c1. The highest BCUT2D eigenvalue weighted by Gasteiger charge is 2.10. The summed E-state index contributed by atoms with van der Waals surface area (Å²) in [5.74, 6) is -1.11. The van der Waals surface area contributed by atoms with E-state index in [0.717, 1.165) is 5.56 Å². The molecule has 1 aromatic rings. The van der Waals surface area contributed by atoms with Gasteiger partial charge in [-0.2, -0.15) is 0 Å². The van der Waals surface area contributed by atoms with Crippen LogP contribution in [-0.2, 0) is 6.54 Å². The van der Waals surface area contributed by atoms with E-state index >= 15 is 0 Å². The monoisotopic (exact) mass is 214 g/mol. The van der Waals surface area contributed by atoms with Gasteiger partial charge < -0.3 is 10.0 Å². The Morgan fingerprint density at radius 3 is 2.71 bits per heavy atom. The van der Waals surface area contributed by atoms with Crippen molar-refractivity contribution in [3.05, 3.63) is 28.5 Å². The zero-order valence-corrected chi connectivity index (χ0v) is 8.75. The van der Waals surface area contributed by atoms with Crippen LogP contribution in [0.3, 0.4) is 0 Å². The van der Waals surface area contributed by atoms with Gasteiger partial charge in [-0.05, 0) is 25.7 Å². The van der Waals surface area contributed by atoms with Crippen LogP contribution in [0.5, 0.6) is 0 Å². The lowest BCUT2D eigenvalue weighted by Crippen LogP contribution is -2.11. The fourth-order valence-electron chi connectivity index (χ4n) is 1.09. The molecule has 0 aliphatic rings. The van der Waals surface area contributed by atoms with Crippen LogP contribution in [0.1, 0.15) is 16.1 Å². The molecular weight excluding hydrogens is 204 g/mol. The third-order valence-corrected chi connectivity index (χ3v) is 1.89. The molecule has 0 aliphatic heterocycles. The summed E-state index contributed by atoms with van der Waals surface area (Å²) in [6, 6.07) is 1.62. The molecule has 0 radical (unpaired) electrons. The lowest BCUT2D eigenvalue weighted by molar-refractivity contribution is 0.0690. The lowest BCUT2D eigenvalue weighted by Gasteiger charge is -2.09. The van der Waals surface area contributed by atoms with Gasteiger partial charge in [0.05, 0.1) is 5.02 Å². The molecule has 76 valence electrons. The van der Waals surface area contributed by atoms with Crippen LogP contribution in [-0.4, -0.2) is 35.1 Å². The Labute approximate surface area is 87.1 Å². The molecule has 0 aliphatic carbocycles. The maximum absolute atomic E-state index is 10.6. The van der Waals surface area contributed by atoms with Gasteiger partial charge in [-0.1, -0.05) is 11.6 Å². The summed E-state index contributed by atoms with van der Waals surface area (Å²) in [6.07, 6.45) is 1.52. The number of carboxylic acid groups (broad SMARTS) is 1. The number of hydrogen-bond donors (Lipinski definition) is 1. The van der Waals surface area contributed by atoms with Gasteiger partial charge in [0.15, 0.2) is 5.69 Å². The van der Waals surface area contributed by atoms with E-state index in [1.54, 1.807) is 6.07 Å². The second kappa shape index (κ2) is 4.39. The molecular formula is C9H11ClN2O2. The molecule has 5 heteroatoms. The Morgan fingerprint density at radius 1 is 1.64 bits per heavy atom. The van der Waals surface area contributed by atoms with Gasteiger partial charge in [0.1, 0.15) is 0 Å². The largest absolute Gasteiger partial charge is 0.476 e. The highest BCUT2D eigenvalue weighted by Crippen LogP contribution is 2.15. The molecule has 0 unspecified atom stereocenters. The van der Waals surface area contributed by atoms with Crippen molar-refractivity contribution in [2.45, 2.75) is 6.54 Å². The number of aromatic nitrogens is 1. The Morgan fingerprint density at radius 2 is 2.29 bits per heavy atom. The number of carboxylic acids is 1. The first-order valence-electron chi connectivity index (χ1n) is 4.03. The van der Waals surface area contributed by atoms with Gasteiger partial charge in [0, 0.05) is 12.7 Å². The smallest absolute Gasteiger partial charge is 0.356 e. The molecule has 14 heavy (non-hydrogen) atoms. The predicted octanol–water partition coefficient (Wildman–Crippen LogP) is 1.49. The molecule has 0 amide bonds. The number of hydrogen-bond acceptors (Lipinski definition) is 3. The maximum Gasteiger partial charge on any atom is 0.356 e. The number of aromatic carboxylic acids is 1. The first-order chi connectivity index (χ1) is 6.50. The van der Waals surface area contributed by atoms with E-state index in [9.17, 15) is 4.79 Å². The molecule has 0 atom stereocenters. The molecule has 0 spiro atoms. The highest BCUT2D eigenvalue weighted by molar-refractivity contribution is 6.33. The second-order valence-electron chi connectivity index (χ2n) is 3.22. The van der Waals surface area contributed by atoms with Crippen LogP contribution < -0.4 is 0 Å². The van der Waals surface area contributed by atoms with Gasteiger partial charge in [0.25, 0.3) is 0 Å². The molecule has 4 nitrogen and oxygen atoms in total. The van der Waals surface area contributed by atoms with Crippen molar-refractivity contribution in [1.82, 2.24) is 9.88 Å². The summed E-state index contributed by atoms with van der Waals surface area (Å²) in [4.78, 5) is 16.3. The first-order valence-corrected chi connectivity index (χ1v) is 4.41. The fraction of sp³-hybridized carbons (Fsp3) is 0.333. The molecule has 0 saturated carbocycles. The summed E-state index contributed by atoms with van der Waals surface area (Å²) in [5, 5.41) is 8.86. The molecule has 1 aromatic heterocycles. The standard InChI is InChI=1S/C9H11ClN2O2/c1-12(2)5-6-3-7(10)8(9(13)14)11-4-6/h3-4H,5H2,1-2H3,(H,13,14). The molecule has 1 rings (SSSR count). The third-order valence-electron chi connectivity index (χ3n) is 1.60. The fourth-order valence-corrected chi connectivity index (χ4v) is 1.36. The summed E-state index contributed by atoms with van der Waals surface area (Å²) in [7, 11) is 3.83.